The van der Waals surface area contributed by atoms with Gasteiger partial charge in [0.1, 0.15) is 11.6 Å². The van der Waals surface area contributed by atoms with E-state index in [4.69, 9.17) is 4.74 Å². The molecule has 0 aliphatic carbocycles. The first-order chi connectivity index (χ1) is 8.59. The summed E-state index contributed by atoms with van der Waals surface area (Å²) in [5, 5.41) is 14.3. The number of benzene rings is 1. The van der Waals surface area contributed by atoms with Gasteiger partial charge < -0.3 is 15.2 Å². The average molecular weight is 251 g/mol. The Hall–Kier alpha value is -1.13. The van der Waals surface area contributed by atoms with Crippen LogP contribution in [0.3, 0.4) is 0 Å². The highest BCUT2D eigenvalue weighted by atomic mass is 19.1. The Morgan fingerprint density at radius 3 is 2.56 bits per heavy atom. The van der Waals surface area contributed by atoms with Crippen molar-refractivity contribution in [3.05, 3.63) is 29.6 Å². The first kappa shape index (κ1) is 11.9. The number of piperidine rings is 1. The van der Waals surface area contributed by atoms with Crippen LogP contribution in [0.15, 0.2) is 18.2 Å². The summed E-state index contributed by atoms with van der Waals surface area (Å²) in [6.07, 6.45) is 3.49. The lowest BCUT2D eigenvalue weighted by atomic mass is 9.81. The van der Waals surface area contributed by atoms with Crippen molar-refractivity contribution in [2.45, 2.75) is 43.4 Å². The lowest BCUT2D eigenvalue weighted by Crippen LogP contribution is -2.46. The number of methoxy groups -OCH3 is 1. The Balaban J connectivity index is 1.95. The van der Waals surface area contributed by atoms with Crippen LogP contribution in [0.2, 0.25) is 0 Å². The number of halogens is 1. The van der Waals surface area contributed by atoms with Crippen LogP contribution in [0.5, 0.6) is 5.75 Å². The molecule has 0 saturated carbocycles. The van der Waals surface area contributed by atoms with Crippen LogP contribution in [-0.4, -0.2) is 24.3 Å². The van der Waals surface area contributed by atoms with Crippen molar-refractivity contribution in [3.63, 3.8) is 0 Å². The lowest BCUT2D eigenvalue weighted by Gasteiger charge is -2.37. The van der Waals surface area contributed by atoms with Gasteiger partial charge in [0.15, 0.2) is 0 Å². The minimum atomic E-state index is -0.924. The maximum atomic E-state index is 13.5. The molecule has 2 aliphatic heterocycles. The second-order valence-electron chi connectivity index (χ2n) is 5.46. The Bertz CT molecular complexity index is 451. The minimum Gasteiger partial charge on any atom is -0.497 e. The smallest absolute Gasteiger partial charge is 0.127 e. The van der Waals surface area contributed by atoms with Crippen molar-refractivity contribution in [2.75, 3.05) is 7.11 Å². The van der Waals surface area contributed by atoms with E-state index in [0.717, 1.165) is 12.8 Å². The molecule has 2 unspecified atom stereocenters. The molecule has 3 rings (SSSR count). The number of hydrogen-bond acceptors (Lipinski definition) is 3. The quantitative estimate of drug-likeness (QED) is 0.844. The molecule has 4 heteroatoms. The van der Waals surface area contributed by atoms with Crippen molar-refractivity contribution < 1.29 is 14.2 Å². The zero-order valence-electron chi connectivity index (χ0n) is 10.4. The van der Waals surface area contributed by atoms with Crippen molar-refractivity contribution in [1.82, 2.24) is 5.32 Å². The summed E-state index contributed by atoms with van der Waals surface area (Å²) in [6.45, 7) is 0. The molecule has 0 aromatic heterocycles. The number of rotatable bonds is 2. The van der Waals surface area contributed by atoms with Gasteiger partial charge in [-0.3, -0.25) is 0 Å². The van der Waals surface area contributed by atoms with E-state index >= 15 is 0 Å². The summed E-state index contributed by atoms with van der Waals surface area (Å²) in [5.41, 5.74) is -0.287. The van der Waals surface area contributed by atoms with Crippen molar-refractivity contribution in [3.8, 4) is 5.75 Å². The van der Waals surface area contributed by atoms with Crippen molar-refractivity contribution in [1.29, 1.82) is 0 Å². The standard InChI is InChI=1S/C14H18FNO2/c1-18-13-5-9(4-10(15)6-13)14(17)7-11-2-3-12(8-14)16-11/h4-6,11-12,16-17H,2-3,7-8H2,1H3. The lowest BCUT2D eigenvalue weighted by molar-refractivity contribution is -0.0118. The summed E-state index contributed by atoms with van der Waals surface area (Å²) < 4.78 is 18.6. The van der Waals surface area contributed by atoms with Crippen LogP contribution >= 0.6 is 0 Å². The largest absolute Gasteiger partial charge is 0.497 e. The molecule has 2 atom stereocenters. The molecule has 2 N–H and O–H groups in total. The maximum Gasteiger partial charge on any atom is 0.127 e. The van der Waals surface area contributed by atoms with Gasteiger partial charge in [-0.2, -0.15) is 0 Å². The van der Waals surface area contributed by atoms with E-state index in [2.05, 4.69) is 5.32 Å². The third kappa shape index (κ3) is 1.99. The SMILES string of the molecule is COc1cc(F)cc(C2(O)CC3CCC(C2)N3)c1. The number of hydrogen-bond donors (Lipinski definition) is 2. The highest BCUT2D eigenvalue weighted by molar-refractivity contribution is 5.34. The molecule has 2 saturated heterocycles. The summed E-state index contributed by atoms with van der Waals surface area (Å²) in [6, 6.07) is 5.20. The fraction of sp³-hybridized carbons (Fsp3) is 0.571. The van der Waals surface area contributed by atoms with Crippen molar-refractivity contribution in [2.24, 2.45) is 0 Å². The van der Waals surface area contributed by atoms with Crippen LogP contribution in [-0.2, 0) is 5.60 Å². The Morgan fingerprint density at radius 2 is 1.94 bits per heavy atom. The highest BCUT2D eigenvalue weighted by Gasteiger charge is 2.43. The summed E-state index contributed by atoms with van der Waals surface area (Å²) in [4.78, 5) is 0. The van der Waals surface area contributed by atoms with Gasteiger partial charge in [-0.25, -0.2) is 4.39 Å². The molecule has 2 fully saturated rings. The van der Waals surface area contributed by atoms with E-state index in [9.17, 15) is 9.50 Å². The van der Waals surface area contributed by atoms with Gasteiger partial charge in [0.05, 0.1) is 12.7 Å². The predicted octanol–water partition coefficient (Wildman–Crippen LogP) is 1.94. The van der Waals surface area contributed by atoms with Gasteiger partial charge in [0, 0.05) is 18.2 Å². The molecule has 0 spiro atoms. The minimum absolute atomic E-state index is 0.350. The molecular weight excluding hydrogens is 233 g/mol. The van der Waals surface area contributed by atoms with Crippen LogP contribution < -0.4 is 10.1 Å². The maximum absolute atomic E-state index is 13.5. The first-order valence-corrected chi connectivity index (χ1v) is 6.42. The van der Waals surface area contributed by atoms with Crippen LogP contribution in [0.4, 0.5) is 4.39 Å². The van der Waals surface area contributed by atoms with Gasteiger partial charge in [-0.1, -0.05) is 0 Å². The Morgan fingerprint density at radius 1 is 1.28 bits per heavy atom. The number of fused-ring (bicyclic) bond motifs is 2. The molecule has 2 aliphatic rings. The van der Waals surface area contributed by atoms with E-state index in [0.29, 0.717) is 36.2 Å². The van der Waals surface area contributed by atoms with E-state index < -0.39 is 5.60 Å². The molecule has 1 aromatic rings. The van der Waals surface area contributed by atoms with Crippen molar-refractivity contribution >= 4 is 0 Å². The summed E-state index contributed by atoms with van der Waals surface area (Å²) in [7, 11) is 1.51. The van der Waals surface area contributed by atoms with E-state index in [1.807, 2.05) is 0 Å². The zero-order valence-corrected chi connectivity index (χ0v) is 10.4. The predicted molar refractivity (Wildman–Crippen MR) is 66.0 cm³/mol. The van der Waals surface area contributed by atoms with E-state index in [1.165, 1.54) is 19.2 Å². The van der Waals surface area contributed by atoms with Crippen LogP contribution in [0.25, 0.3) is 0 Å². The van der Waals surface area contributed by atoms with E-state index in [1.54, 1.807) is 6.07 Å². The third-order valence-electron chi connectivity index (χ3n) is 4.15. The molecule has 2 heterocycles. The average Bonchev–Trinajstić information content (AvgIpc) is 2.68. The number of nitrogens with one attached hydrogen (secondary N) is 1. The molecule has 2 bridgehead atoms. The summed E-state index contributed by atoms with van der Waals surface area (Å²) in [5.74, 6) is 0.105. The number of ether oxygens (including phenoxy) is 1. The third-order valence-corrected chi connectivity index (χ3v) is 4.15. The van der Waals surface area contributed by atoms with Crippen LogP contribution in [0.1, 0.15) is 31.2 Å². The molecule has 1 aromatic carbocycles. The fourth-order valence-electron chi connectivity index (χ4n) is 3.31. The van der Waals surface area contributed by atoms with Gasteiger partial charge in [0.25, 0.3) is 0 Å². The topological polar surface area (TPSA) is 41.5 Å². The molecule has 3 nitrogen and oxygen atoms in total. The zero-order chi connectivity index (χ0) is 12.8. The molecular formula is C14H18FNO2. The Labute approximate surface area is 106 Å². The number of aliphatic hydroxyl groups is 1. The van der Waals surface area contributed by atoms with Gasteiger partial charge in [0.2, 0.25) is 0 Å². The molecule has 0 radical (unpaired) electrons. The first-order valence-electron chi connectivity index (χ1n) is 6.42. The van der Waals surface area contributed by atoms with E-state index in [-0.39, 0.29) is 5.82 Å². The molecule has 0 amide bonds. The Kier molecular flexibility index (Phi) is 2.79. The van der Waals surface area contributed by atoms with Gasteiger partial charge in [-0.05, 0) is 43.4 Å². The summed E-state index contributed by atoms with van der Waals surface area (Å²) >= 11 is 0. The van der Waals surface area contributed by atoms with Gasteiger partial charge in [-0.15, -0.1) is 0 Å². The highest BCUT2D eigenvalue weighted by Crippen LogP contribution is 2.41. The second-order valence-corrected chi connectivity index (χ2v) is 5.46. The fourth-order valence-corrected chi connectivity index (χ4v) is 3.31. The normalized spacial score (nSPS) is 34.6. The van der Waals surface area contributed by atoms with Gasteiger partial charge >= 0.3 is 0 Å². The van der Waals surface area contributed by atoms with Crippen LogP contribution in [0, 0.1) is 5.82 Å². The second kappa shape index (κ2) is 4.21. The molecule has 18 heavy (non-hydrogen) atoms. The molecule has 98 valence electrons. The monoisotopic (exact) mass is 251 g/mol.